The van der Waals surface area contributed by atoms with Gasteiger partial charge in [-0.1, -0.05) is 0 Å². The van der Waals surface area contributed by atoms with Crippen molar-refractivity contribution in [2.45, 2.75) is 0 Å². The average Bonchev–Trinajstić information content (AvgIpc) is 0. The summed E-state index contributed by atoms with van der Waals surface area (Å²) in [5.41, 5.74) is 0. The fourth-order valence-corrected chi connectivity index (χ4v) is 0. The minimum absolute atomic E-state index is 0. The number of hydrogen-bond acceptors (Lipinski definition) is 0. The van der Waals surface area contributed by atoms with Gasteiger partial charge in [0.25, 0.3) is 0 Å². The second-order valence-electron chi connectivity index (χ2n) is 0. The van der Waals surface area contributed by atoms with E-state index < -0.39 is 0 Å². The first kappa shape index (κ1) is 49.3. The molecule has 0 aliphatic rings. The van der Waals surface area contributed by atoms with Gasteiger partial charge in [-0.05, 0) is 0 Å². The number of rotatable bonds is 0. The quantitative estimate of drug-likeness (QED) is 0.253. The second kappa shape index (κ2) is 24.4. The van der Waals surface area contributed by atoms with E-state index in [1.54, 1.807) is 0 Å². The fraction of sp³-hybridized carbons (Fsp3) is 0. The second-order valence-corrected chi connectivity index (χ2v) is 0. The average molecular weight is 68.0 g/mol. The van der Waals surface area contributed by atoms with Crippen molar-refractivity contribution in [3.8, 4) is 0 Å². The molecule has 2 N–H and O–H groups in total. The van der Waals surface area contributed by atoms with Crippen molar-refractivity contribution in [1.82, 2.24) is 0 Å². The smallest absolute Gasteiger partial charge is 1.00 e. The molecule has 0 aliphatic heterocycles. The first-order chi connectivity index (χ1) is 0. The van der Waals surface area contributed by atoms with Gasteiger partial charge in [0, 0.05) is 0 Å². The Morgan fingerprint density at radius 2 is 1.00 bits per heavy atom. The van der Waals surface area contributed by atoms with Gasteiger partial charge in [-0.3, -0.25) is 0 Å². The van der Waals surface area contributed by atoms with Gasteiger partial charge in [-0.15, -0.1) is 0 Å². The molecule has 0 aromatic carbocycles. The zero-order valence-corrected chi connectivity index (χ0v) is 4.00. The maximum atomic E-state index is 0. The van der Waals surface area contributed by atoms with Crippen LogP contribution in [0.15, 0.2) is 0 Å². The molecule has 0 heterocycles. The monoisotopic (exact) mass is 68.0 g/mol. The van der Waals surface area contributed by atoms with Gasteiger partial charge in [0.05, 0.1) is 0 Å². The number of hydrogen-bond donors (Lipinski definition) is 0. The van der Waals surface area contributed by atoms with Crippen LogP contribution in [0.4, 0.5) is 0 Å². The third kappa shape index (κ3) is 9.71. The Morgan fingerprint density at radius 1 is 1.00 bits per heavy atom. The first-order valence-electron chi connectivity index (χ1n) is 0. The van der Waals surface area contributed by atoms with E-state index in [4.69, 9.17) is 0 Å². The van der Waals surface area contributed by atoms with Gasteiger partial charge < -0.3 is 8.33 Å². The first-order valence-corrected chi connectivity index (χ1v) is 0. The normalized spacial score (nSPS) is 0. The van der Waals surface area contributed by atoms with Crippen molar-refractivity contribution in [3.05, 3.63) is 0 Å². The van der Waals surface area contributed by atoms with Crippen LogP contribution in [0.1, 0.15) is 2.85 Å². The predicted octanol–water partition coefficient (Wildman–Crippen LogP) is -6.48. The van der Waals surface area contributed by atoms with Crippen LogP contribution in [0.25, 0.3) is 0 Å². The Balaban J connectivity index is 0. The van der Waals surface area contributed by atoms with Crippen LogP contribution in [-0.2, 0) is 0 Å². The third-order valence-corrected chi connectivity index (χ3v) is 0. The van der Waals surface area contributed by atoms with E-state index in [-0.39, 0.29) is 59.5 Å². The summed E-state index contributed by atoms with van der Waals surface area (Å²) in [7, 11) is 0. The summed E-state index contributed by atoms with van der Waals surface area (Å²) in [6, 6.07) is 0. The molecule has 0 aromatic heterocycles. The summed E-state index contributed by atoms with van der Waals surface area (Å²) in [6.45, 7) is 0. The molecule has 0 atom stereocenters. The van der Waals surface area contributed by atoms with Crippen LogP contribution in [0.2, 0.25) is 0 Å². The van der Waals surface area contributed by atoms with Crippen molar-refractivity contribution in [2.75, 3.05) is 0 Å². The minimum Gasteiger partial charge on any atom is -1.00 e. The van der Waals surface area contributed by atoms with E-state index in [0.29, 0.717) is 0 Å². The van der Waals surface area contributed by atoms with Gasteiger partial charge >= 0.3 is 37.7 Å². The van der Waals surface area contributed by atoms with Crippen LogP contribution >= 0.6 is 13.5 Å². The minimum atomic E-state index is 0. The zero-order chi connectivity index (χ0) is 0. The molecule has 1 nitrogen and oxygen atoms in total. The largest absolute Gasteiger partial charge is 1.00 e. The Labute approximate surface area is 59.6 Å². The van der Waals surface area contributed by atoms with E-state index in [1.807, 2.05) is 0 Å². The maximum absolute atomic E-state index is 0. The topological polar surface area (TPSA) is 31.5 Å². The van der Waals surface area contributed by atoms with Crippen molar-refractivity contribution in [1.29, 1.82) is 0 Å². The predicted molar refractivity (Wildman–Crippen MR) is 16.2 cm³/mol. The van der Waals surface area contributed by atoms with Crippen molar-refractivity contribution < 1.29 is 46.1 Å². The Bertz CT molecular complexity index is 11.5. The molecule has 20 valence electrons. The van der Waals surface area contributed by atoms with Crippen LogP contribution in [-0.4, -0.2) is 5.48 Å². The summed E-state index contributed by atoms with van der Waals surface area (Å²) in [4.78, 5) is 0. The van der Waals surface area contributed by atoms with Crippen LogP contribution in [0.5, 0.6) is 0 Å². The van der Waals surface area contributed by atoms with Gasteiger partial charge in [-0.2, -0.15) is 13.5 Å². The van der Waals surface area contributed by atoms with E-state index in [1.165, 1.54) is 0 Å². The van der Waals surface area contributed by atoms with Crippen LogP contribution in [0.3, 0.4) is 0 Å². The molecule has 4 heavy (non-hydrogen) atoms. The Morgan fingerprint density at radius 3 is 1.00 bits per heavy atom. The molecule has 4 heteroatoms. The molecule has 0 bridgehead atoms. The molecule has 0 aliphatic carbocycles. The summed E-state index contributed by atoms with van der Waals surface area (Å²) in [6.07, 6.45) is 0. The summed E-state index contributed by atoms with van der Waals surface area (Å²) in [5, 5.41) is 0. The molecule has 0 saturated heterocycles. The molecular formula is H6Li2OS. The fourth-order valence-electron chi connectivity index (χ4n) is 0. The molecule has 0 radical (unpaired) electrons. The van der Waals surface area contributed by atoms with Crippen molar-refractivity contribution in [2.24, 2.45) is 0 Å². The molecule has 0 spiro atoms. The van der Waals surface area contributed by atoms with E-state index in [9.17, 15) is 0 Å². The van der Waals surface area contributed by atoms with Crippen molar-refractivity contribution >= 4 is 13.5 Å². The van der Waals surface area contributed by atoms with Crippen molar-refractivity contribution in [3.63, 3.8) is 0 Å². The molecule has 0 saturated carbocycles. The SMILES string of the molecule is O.S.[H-].[H-].[Li+].[Li+]. The molecular weight excluding hydrogens is 61.9 g/mol. The maximum Gasteiger partial charge on any atom is 1.00 e. The van der Waals surface area contributed by atoms with E-state index in [2.05, 4.69) is 0 Å². The molecule has 0 amide bonds. The van der Waals surface area contributed by atoms with Gasteiger partial charge in [0.15, 0.2) is 0 Å². The summed E-state index contributed by atoms with van der Waals surface area (Å²) in [5.74, 6) is 0. The molecule has 0 fully saturated rings. The molecule has 0 rings (SSSR count). The van der Waals surface area contributed by atoms with Gasteiger partial charge in [0.1, 0.15) is 0 Å². The third-order valence-electron chi connectivity index (χ3n) is 0. The Kier molecular flexibility index (Phi) is 301. The Hall–Kier alpha value is 1.50. The standard InChI is InChI=1S/2Li.H2O.H2S.2H/h;;2*1H2;;/q2*+1;;;2*-1. The van der Waals surface area contributed by atoms with Crippen LogP contribution in [0, 0.1) is 0 Å². The van der Waals surface area contributed by atoms with Gasteiger partial charge in [-0.25, -0.2) is 0 Å². The van der Waals surface area contributed by atoms with E-state index >= 15 is 0 Å². The van der Waals surface area contributed by atoms with Gasteiger partial charge in [0.2, 0.25) is 0 Å². The van der Waals surface area contributed by atoms with E-state index in [0.717, 1.165) is 0 Å². The summed E-state index contributed by atoms with van der Waals surface area (Å²) >= 11 is 0. The summed E-state index contributed by atoms with van der Waals surface area (Å²) < 4.78 is 0. The van der Waals surface area contributed by atoms with Crippen LogP contribution < -0.4 is 37.7 Å². The molecule has 0 aromatic rings. The molecule has 0 unspecified atom stereocenters. The zero-order valence-electron chi connectivity index (χ0n) is 5.00.